The number of para-hydroxylation sites is 1. The third-order valence-electron chi connectivity index (χ3n) is 2.69. The molecule has 0 aromatic heterocycles. The number of oxime groups is 1. The van der Waals surface area contributed by atoms with Gasteiger partial charge >= 0.3 is 0 Å². The Balaban J connectivity index is 1.82. The van der Waals surface area contributed by atoms with Crippen LogP contribution in [0.5, 0.6) is 5.75 Å². The minimum absolute atomic E-state index is 0.0554. The van der Waals surface area contributed by atoms with Gasteiger partial charge in [-0.1, -0.05) is 17.3 Å². The second kappa shape index (κ2) is 6.93. The molecule has 0 unspecified atom stereocenters. The molecule has 5 nitrogen and oxygen atoms in total. The lowest BCUT2D eigenvalue weighted by atomic mass is 10.2. The van der Waals surface area contributed by atoms with E-state index in [1.54, 1.807) is 6.21 Å². The molecule has 0 spiro atoms. The van der Waals surface area contributed by atoms with Crippen molar-refractivity contribution >= 4 is 12.1 Å². The normalized spacial score (nSPS) is 14.6. The lowest BCUT2D eigenvalue weighted by molar-refractivity contribution is -0.125. The molecule has 0 heterocycles. The van der Waals surface area contributed by atoms with Gasteiger partial charge in [0.25, 0.3) is 5.91 Å². The summed E-state index contributed by atoms with van der Waals surface area (Å²) >= 11 is 0. The van der Waals surface area contributed by atoms with Crippen molar-refractivity contribution < 1.29 is 14.4 Å². The molecule has 1 aliphatic carbocycles. The Morgan fingerprint density at radius 1 is 1.45 bits per heavy atom. The van der Waals surface area contributed by atoms with Crippen molar-refractivity contribution in [2.24, 2.45) is 5.16 Å². The van der Waals surface area contributed by atoms with Gasteiger partial charge in [0.15, 0.2) is 6.61 Å². The van der Waals surface area contributed by atoms with Crippen LogP contribution in [0.2, 0.25) is 0 Å². The summed E-state index contributed by atoms with van der Waals surface area (Å²) in [5, 5.41) is 6.64. The highest BCUT2D eigenvalue weighted by Gasteiger charge is 2.23. The molecule has 5 heteroatoms. The second-order valence-corrected chi connectivity index (χ2v) is 5.05. The van der Waals surface area contributed by atoms with E-state index in [-0.39, 0.29) is 18.6 Å². The molecule has 1 fully saturated rings. The van der Waals surface area contributed by atoms with Gasteiger partial charge in [-0.25, -0.2) is 0 Å². The Morgan fingerprint density at radius 3 is 2.90 bits per heavy atom. The molecule has 0 saturated heterocycles. The van der Waals surface area contributed by atoms with E-state index in [9.17, 15) is 4.79 Å². The lowest BCUT2D eigenvalue weighted by Crippen LogP contribution is -2.28. The monoisotopic (exact) mass is 276 g/mol. The number of amides is 1. The Kier molecular flexibility index (Phi) is 4.98. The third-order valence-corrected chi connectivity index (χ3v) is 2.69. The largest absolute Gasteiger partial charge is 0.490 e. The number of nitrogens with one attached hydrogen (secondary N) is 1. The topological polar surface area (TPSA) is 59.9 Å². The summed E-state index contributed by atoms with van der Waals surface area (Å²) in [7, 11) is 0. The number of carbonyl (C=O) groups is 1. The second-order valence-electron chi connectivity index (χ2n) is 5.05. The van der Waals surface area contributed by atoms with Crippen molar-refractivity contribution in [3.8, 4) is 5.75 Å². The smallest absolute Gasteiger partial charge is 0.260 e. The first-order chi connectivity index (χ1) is 9.65. The van der Waals surface area contributed by atoms with E-state index < -0.39 is 0 Å². The Bertz CT molecular complexity index is 482. The van der Waals surface area contributed by atoms with Crippen LogP contribution in [0.25, 0.3) is 0 Å². The van der Waals surface area contributed by atoms with Gasteiger partial charge in [0.2, 0.25) is 0 Å². The maximum absolute atomic E-state index is 11.4. The van der Waals surface area contributed by atoms with E-state index in [1.807, 2.05) is 38.1 Å². The van der Waals surface area contributed by atoms with Crippen molar-refractivity contribution in [2.75, 3.05) is 6.61 Å². The standard InChI is InChI=1S/C15H20N2O3/c1-11(2)20-14-6-4-3-5-12(14)9-16-19-10-15(18)17-13-7-8-13/h3-6,9,11,13H,7-8,10H2,1-2H3,(H,17,18)/b16-9+. The zero-order valence-corrected chi connectivity index (χ0v) is 11.8. The van der Waals surface area contributed by atoms with Crippen molar-refractivity contribution in [1.29, 1.82) is 0 Å². The molecule has 0 aliphatic heterocycles. The summed E-state index contributed by atoms with van der Waals surface area (Å²) in [6.45, 7) is 3.87. The van der Waals surface area contributed by atoms with Crippen molar-refractivity contribution in [3.05, 3.63) is 29.8 Å². The molecule has 108 valence electrons. The van der Waals surface area contributed by atoms with Crippen LogP contribution in [-0.2, 0) is 9.63 Å². The van der Waals surface area contributed by atoms with Crippen LogP contribution in [0.3, 0.4) is 0 Å². The summed E-state index contributed by atoms with van der Waals surface area (Å²) in [5.74, 6) is 0.619. The van der Waals surface area contributed by atoms with Gasteiger partial charge in [0, 0.05) is 11.6 Å². The van der Waals surface area contributed by atoms with Gasteiger partial charge in [-0.05, 0) is 38.8 Å². The van der Waals surface area contributed by atoms with Crippen molar-refractivity contribution in [3.63, 3.8) is 0 Å². The molecule has 1 N–H and O–H groups in total. The predicted molar refractivity (Wildman–Crippen MR) is 76.9 cm³/mol. The van der Waals surface area contributed by atoms with Crippen LogP contribution < -0.4 is 10.1 Å². The molecular weight excluding hydrogens is 256 g/mol. The molecular formula is C15H20N2O3. The summed E-state index contributed by atoms with van der Waals surface area (Å²) < 4.78 is 5.66. The van der Waals surface area contributed by atoms with Gasteiger partial charge in [-0.2, -0.15) is 0 Å². The molecule has 1 aliphatic rings. The highest BCUT2D eigenvalue weighted by atomic mass is 16.6. The number of rotatable bonds is 7. The number of hydrogen-bond acceptors (Lipinski definition) is 4. The minimum Gasteiger partial charge on any atom is -0.490 e. The molecule has 1 aromatic rings. The third kappa shape index (κ3) is 4.91. The molecule has 0 atom stereocenters. The van der Waals surface area contributed by atoms with E-state index in [2.05, 4.69) is 10.5 Å². The van der Waals surface area contributed by atoms with Crippen LogP contribution in [-0.4, -0.2) is 30.9 Å². The van der Waals surface area contributed by atoms with Crippen LogP contribution in [0, 0.1) is 0 Å². The SMILES string of the molecule is CC(C)Oc1ccccc1/C=N/OCC(=O)NC1CC1. The molecule has 0 bridgehead atoms. The molecule has 20 heavy (non-hydrogen) atoms. The van der Waals surface area contributed by atoms with E-state index in [0.29, 0.717) is 6.04 Å². The number of carbonyl (C=O) groups excluding carboxylic acids is 1. The number of benzene rings is 1. The molecule has 0 radical (unpaired) electrons. The van der Waals surface area contributed by atoms with Crippen molar-refractivity contribution in [1.82, 2.24) is 5.32 Å². The molecule has 1 aromatic carbocycles. The highest BCUT2D eigenvalue weighted by Crippen LogP contribution is 2.18. The van der Waals surface area contributed by atoms with Crippen molar-refractivity contribution in [2.45, 2.75) is 38.8 Å². The fourth-order valence-electron chi connectivity index (χ4n) is 1.64. The number of ether oxygens (including phenoxy) is 1. The van der Waals surface area contributed by atoms with Gasteiger partial charge in [-0.3, -0.25) is 4.79 Å². The summed E-state index contributed by atoms with van der Waals surface area (Å²) in [5.41, 5.74) is 0.823. The van der Waals surface area contributed by atoms with E-state index in [1.165, 1.54) is 0 Å². The van der Waals surface area contributed by atoms with Gasteiger partial charge in [-0.15, -0.1) is 0 Å². The lowest BCUT2D eigenvalue weighted by Gasteiger charge is -2.11. The average Bonchev–Trinajstić information content (AvgIpc) is 3.19. The Hall–Kier alpha value is -2.04. The Labute approximate surface area is 118 Å². The highest BCUT2D eigenvalue weighted by molar-refractivity contribution is 5.83. The first-order valence-corrected chi connectivity index (χ1v) is 6.85. The maximum Gasteiger partial charge on any atom is 0.260 e. The first kappa shape index (κ1) is 14.4. The average molecular weight is 276 g/mol. The number of hydrogen-bond donors (Lipinski definition) is 1. The molecule has 2 rings (SSSR count). The Morgan fingerprint density at radius 2 is 2.20 bits per heavy atom. The molecule has 1 saturated carbocycles. The summed E-state index contributed by atoms with van der Waals surface area (Å²) in [6, 6.07) is 7.90. The fourth-order valence-corrected chi connectivity index (χ4v) is 1.64. The van der Waals surface area contributed by atoms with Gasteiger partial charge in [0.1, 0.15) is 5.75 Å². The maximum atomic E-state index is 11.4. The number of nitrogens with zero attached hydrogens (tertiary/aromatic N) is 1. The van der Waals surface area contributed by atoms with Crippen LogP contribution in [0.1, 0.15) is 32.3 Å². The predicted octanol–water partition coefficient (Wildman–Crippen LogP) is 2.10. The quantitative estimate of drug-likeness (QED) is 0.613. The first-order valence-electron chi connectivity index (χ1n) is 6.85. The van der Waals surface area contributed by atoms with Gasteiger partial charge < -0.3 is 14.9 Å². The van der Waals surface area contributed by atoms with Crippen LogP contribution >= 0.6 is 0 Å². The van der Waals surface area contributed by atoms with Crippen LogP contribution in [0.4, 0.5) is 0 Å². The molecule has 1 amide bonds. The zero-order valence-electron chi connectivity index (χ0n) is 11.8. The summed E-state index contributed by atoms with van der Waals surface area (Å²) in [6.07, 6.45) is 3.78. The minimum atomic E-state index is -0.128. The van der Waals surface area contributed by atoms with E-state index in [4.69, 9.17) is 9.57 Å². The van der Waals surface area contributed by atoms with E-state index >= 15 is 0 Å². The zero-order chi connectivity index (χ0) is 14.4. The van der Waals surface area contributed by atoms with E-state index in [0.717, 1.165) is 24.2 Å². The fraction of sp³-hybridized carbons (Fsp3) is 0.467. The van der Waals surface area contributed by atoms with Crippen LogP contribution in [0.15, 0.2) is 29.4 Å². The summed E-state index contributed by atoms with van der Waals surface area (Å²) in [4.78, 5) is 16.4. The van der Waals surface area contributed by atoms with Gasteiger partial charge in [0.05, 0.1) is 12.3 Å².